The molecule has 0 fully saturated rings. The SMILES string of the molecule is COC(=O)c1c(C)[nH]c(C=NNc2ccc(C(=O)O)cc2)c1-c1ccccc1. The lowest BCUT2D eigenvalue weighted by Crippen LogP contribution is -2.04. The van der Waals surface area contributed by atoms with Crippen LogP contribution in [-0.4, -0.2) is 35.4 Å². The zero-order valence-corrected chi connectivity index (χ0v) is 15.4. The Morgan fingerprint density at radius 1 is 1.11 bits per heavy atom. The van der Waals surface area contributed by atoms with Gasteiger partial charge in [0.05, 0.1) is 35.8 Å². The number of aromatic carboxylic acids is 1. The largest absolute Gasteiger partial charge is 0.478 e. The van der Waals surface area contributed by atoms with Gasteiger partial charge in [0, 0.05) is 11.3 Å². The highest BCUT2D eigenvalue weighted by Gasteiger charge is 2.22. The van der Waals surface area contributed by atoms with Gasteiger partial charge in [0.15, 0.2) is 0 Å². The van der Waals surface area contributed by atoms with E-state index in [0.717, 1.165) is 5.56 Å². The number of ether oxygens (including phenoxy) is 1. The molecule has 0 aliphatic carbocycles. The molecule has 1 aromatic heterocycles. The maximum atomic E-state index is 12.3. The van der Waals surface area contributed by atoms with Crippen LogP contribution in [0.3, 0.4) is 0 Å². The number of carboxylic acids is 1. The first-order valence-corrected chi connectivity index (χ1v) is 8.50. The van der Waals surface area contributed by atoms with Crippen molar-refractivity contribution >= 4 is 23.8 Å². The summed E-state index contributed by atoms with van der Waals surface area (Å²) >= 11 is 0. The van der Waals surface area contributed by atoms with Gasteiger partial charge in [0.2, 0.25) is 0 Å². The second-order valence-corrected chi connectivity index (χ2v) is 6.02. The molecule has 3 aromatic rings. The molecule has 1 heterocycles. The van der Waals surface area contributed by atoms with E-state index in [0.29, 0.717) is 28.2 Å². The predicted octanol–water partition coefficient (Wildman–Crippen LogP) is 3.92. The summed E-state index contributed by atoms with van der Waals surface area (Å²) in [6, 6.07) is 15.7. The summed E-state index contributed by atoms with van der Waals surface area (Å²) in [5.41, 5.74) is 7.04. The second kappa shape index (κ2) is 8.22. The van der Waals surface area contributed by atoms with Crippen molar-refractivity contribution in [2.24, 2.45) is 5.10 Å². The van der Waals surface area contributed by atoms with E-state index >= 15 is 0 Å². The molecule has 3 N–H and O–H groups in total. The average Bonchev–Trinajstić information content (AvgIpc) is 3.04. The molecule has 7 nitrogen and oxygen atoms in total. The van der Waals surface area contributed by atoms with Crippen molar-refractivity contribution in [1.29, 1.82) is 0 Å². The van der Waals surface area contributed by atoms with Crippen LogP contribution >= 0.6 is 0 Å². The van der Waals surface area contributed by atoms with Crippen LogP contribution in [0.4, 0.5) is 5.69 Å². The number of nitrogens with zero attached hydrogens (tertiary/aromatic N) is 1. The third-order valence-electron chi connectivity index (χ3n) is 4.19. The fraction of sp³-hybridized carbons (Fsp3) is 0.0952. The molecule has 0 amide bonds. The molecule has 0 aliphatic rings. The van der Waals surface area contributed by atoms with Crippen LogP contribution in [0.2, 0.25) is 0 Å². The number of carbonyl (C=O) groups is 2. The first-order valence-electron chi connectivity index (χ1n) is 8.50. The van der Waals surface area contributed by atoms with Crippen LogP contribution in [0.25, 0.3) is 11.1 Å². The fourth-order valence-corrected chi connectivity index (χ4v) is 2.87. The second-order valence-electron chi connectivity index (χ2n) is 6.02. The summed E-state index contributed by atoms with van der Waals surface area (Å²) < 4.78 is 4.93. The zero-order chi connectivity index (χ0) is 20.1. The van der Waals surface area contributed by atoms with Crippen LogP contribution in [0, 0.1) is 6.92 Å². The Morgan fingerprint density at radius 3 is 2.39 bits per heavy atom. The molecule has 0 saturated heterocycles. The summed E-state index contributed by atoms with van der Waals surface area (Å²) in [5, 5.41) is 13.1. The molecule has 0 aliphatic heterocycles. The number of aryl methyl sites for hydroxylation is 1. The van der Waals surface area contributed by atoms with Gasteiger partial charge in [0.25, 0.3) is 0 Å². The highest BCUT2D eigenvalue weighted by molar-refractivity contribution is 6.04. The van der Waals surface area contributed by atoms with Gasteiger partial charge in [-0.25, -0.2) is 9.59 Å². The lowest BCUT2D eigenvalue weighted by atomic mass is 10.0. The van der Waals surface area contributed by atoms with Crippen molar-refractivity contribution in [3.05, 3.63) is 77.1 Å². The first kappa shape index (κ1) is 18.9. The standard InChI is InChI=1S/C21H19N3O4/c1-13-18(21(27)28-2)19(14-6-4-3-5-7-14)17(23-13)12-22-24-16-10-8-15(9-11-16)20(25)26/h3-12,23-24H,1-2H3,(H,25,26). The Morgan fingerprint density at radius 2 is 1.79 bits per heavy atom. The van der Waals surface area contributed by atoms with Crippen LogP contribution in [0.5, 0.6) is 0 Å². The molecule has 28 heavy (non-hydrogen) atoms. The molecule has 0 unspecified atom stereocenters. The van der Waals surface area contributed by atoms with Crippen LogP contribution < -0.4 is 5.43 Å². The molecule has 0 radical (unpaired) electrons. The highest BCUT2D eigenvalue weighted by Crippen LogP contribution is 2.30. The van der Waals surface area contributed by atoms with Gasteiger partial charge in [-0.05, 0) is 36.8 Å². The summed E-state index contributed by atoms with van der Waals surface area (Å²) in [6.45, 7) is 1.80. The van der Waals surface area contributed by atoms with E-state index < -0.39 is 11.9 Å². The molecule has 0 bridgehead atoms. The van der Waals surface area contributed by atoms with E-state index in [1.807, 2.05) is 30.3 Å². The number of aromatic amines is 1. The third kappa shape index (κ3) is 3.93. The van der Waals surface area contributed by atoms with E-state index in [1.54, 1.807) is 25.3 Å². The van der Waals surface area contributed by atoms with Crippen molar-refractivity contribution in [1.82, 2.24) is 4.98 Å². The molecule has 0 spiro atoms. The van der Waals surface area contributed by atoms with Gasteiger partial charge >= 0.3 is 11.9 Å². The van der Waals surface area contributed by atoms with Crippen molar-refractivity contribution in [2.75, 3.05) is 12.5 Å². The zero-order valence-electron chi connectivity index (χ0n) is 15.4. The minimum atomic E-state index is -0.986. The normalized spacial score (nSPS) is 10.8. The van der Waals surface area contributed by atoms with E-state index in [-0.39, 0.29) is 5.56 Å². The number of carbonyl (C=O) groups excluding carboxylic acids is 1. The average molecular weight is 377 g/mol. The van der Waals surface area contributed by atoms with Gasteiger partial charge in [-0.3, -0.25) is 5.43 Å². The maximum Gasteiger partial charge on any atom is 0.340 e. The fourth-order valence-electron chi connectivity index (χ4n) is 2.87. The number of hydrazone groups is 1. The van der Waals surface area contributed by atoms with E-state index in [1.165, 1.54) is 19.2 Å². The number of rotatable bonds is 6. The number of esters is 1. The van der Waals surface area contributed by atoms with Crippen molar-refractivity contribution in [2.45, 2.75) is 6.92 Å². The Bertz CT molecular complexity index is 1020. The molecule has 3 rings (SSSR count). The van der Waals surface area contributed by atoms with E-state index in [2.05, 4.69) is 15.5 Å². The van der Waals surface area contributed by atoms with Crippen LogP contribution in [0.15, 0.2) is 59.7 Å². The number of anilines is 1. The molecule has 0 atom stereocenters. The highest BCUT2D eigenvalue weighted by atomic mass is 16.5. The molecule has 7 heteroatoms. The van der Waals surface area contributed by atoms with Gasteiger partial charge in [0.1, 0.15) is 0 Å². The topological polar surface area (TPSA) is 104 Å². The van der Waals surface area contributed by atoms with Crippen molar-refractivity contribution in [3.63, 3.8) is 0 Å². The minimum absolute atomic E-state index is 0.198. The molecular formula is C21H19N3O4. The molecule has 0 saturated carbocycles. The minimum Gasteiger partial charge on any atom is -0.478 e. The lowest BCUT2D eigenvalue weighted by molar-refractivity contribution is 0.0600. The maximum absolute atomic E-state index is 12.3. The number of H-pyrrole nitrogens is 1. The van der Waals surface area contributed by atoms with Crippen molar-refractivity contribution < 1.29 is 19.4 Å². The summed E-state index contributed by atoms with van der Waals surface area (Å²) in [4.78, 5) is 26.3. The van der Waals surface area contributed by atoms with Crippen LogP contribution in [0.1, 0.15) is 32.1 Å². The number of benzene rings is 2. The number of methoxy groups -OCH3 is 1. The Hall–Kier alpha value is -3.87. The predicted molar refractivity (Wildman–Crippen MR) is 107 cm³/mol. The quantitative estimate of drug-likeness (QED) is 0.343. The number of hydrogen-bond donors (Lipinski definition) is 3. The molecular weight excluding hydrogens is 358 g/mol. The molecule has 142 valence electrons. The molecule has 2 aromatic carbocycles. The third-order valence-corrected chi connectivity index (χ3v) is 4.19. The summed E-state index contributed by atoms with van der Waals surface area (Å²) in [7, 11) is 1.35. The Labute approximate surface area is 161 Å². The van der Waals surface area contributed by atoms with Gasteiger partial charge < -0.3 is 14.8 Å². The Kier molecular flexibility index (Phi) is 5.55. The van der Waals surface area contributed by atoms with Crippen molar-refractivity contribution in [3.8, 4) is 11.1 Å². The van der Waals surface area contributed by atoms with Gasteiger partial charge in [-0.2, -0.15) is 5.10 Å². The number of nitrogens with one attached hydrogen (secondary N) is 2. The number of aromatic nitrogens is 1. The lowest BCUT2D eigenvalue weighted by Gasteiger charge is -2.05. The number of carboxylic acid groups (broad SMARTS) is 1. The monoisotopic (exact) mass is 377 g/mol. The smallest absolute Gasteiger partial charge is 0.340 e. The van der Waals surface area contributed by atoms with E-state index in [9.17, 15) is 9.59 Å². The van der Waals surface area contributed by atoms with Crippen LogP contribution in [-0.2, 0) is 4.74 Å². The summed E-state index contributed by atoms with van der Waals surface area (Å²) in [5.74, 6) is -1.41. The van der Waals surface area contributed by atoms with Gasteiger partial charge in [-0.1, -0.05) is 30.3 Å². The van der Waals surface area contributed by atoms with Gasteiger partial charge in [-0.15, -0.1) is 0 Å². The summed E-state index contributed by atoms with van der Waals surface area (Å²) in [6.07, 6.45) is 1.58. The first-order chi connectivity index (χ1) is 13.5. The number of hydrogen-bond acceptors (Lipinski definition) is 5. The van der Waals surface area contributed by atoms with E-state index in [4.69, 9.17) is 9.84 Å². The Balaban J connectivity index is 1.92.